The highest BCUT2D eigenvalue weighted by atomic mass is 19.4. The van der Waals surface area contributed by atoms with Gasteiger partial charge in [-0.15, -0.1) is 0 Å². The molecule has 1 unspecified atom stereocenters. The molecule has 1 saturated heterocycles. The van der Waals surface area contributed by atoms with E-state index in [2.05, 4.69) is 10.9 Å². The fraction of sp³-hybridized carbons (Fsp3) is 0.400. The molecule has 6 heteroatoms. The first-order valence-corrected chi connectivity index (χ1v) is 4.84. The molecule has 1 heterocycles. The highest BCUT2D eigenvalue weighted by Crippen LogP contribution is 2.30. The van der Waals surface area contributed by atoms with Crippen LogP contribution < -0.4 is 10.9 Å². The Kier molecular flexibility index (Phi) is 3.13. The van der Waals surface area contributed by atoms with Crippen LogP contribution in [0.5, 0.6) is 0 Å². The number of hydrazine groups is 1. The highest BCUT2D eigenvalue weighted by Gasteiger charge is 2.31. The molecule has 1 aromatic rings. The minimum absolute atomic E-state index is 0.460. The number of benzene rings is 1. The van der Waals surface area contributed by atoms with Gasteiger partial charge in [0.05, 0.1) is 12.2 Å². The lowest BCUT2D eigenvalue weighted by molar-refractivity contribution is -0.137. The lowest BCUT2D eigenvalue weighted by Gasteiger charge is -2.25. The van der Waals surface area contributed by atoms with Gasteiger partial charge in [-0.2, -0.15) is 13.2 Å². The number of hydrogen-bond donors (Lipinski definition) is 2. The number of hydrogen-bond acceptors (Lipinski definition) is 3. The maximum Gasteiger partial charge on any atom is 0.416 e. The van der Waals surface area contributed by atoms with Crippen molar-refractivity contribution in [3.8, 4) is 0 Å². The third-order valence-corrected chi connectivity index (χ3v) is 2.26. The summed E-state index contributed by atoms with van der Waals surface area (Å²) in [7, 11) is 0. The first-order chi connectivity index (χ1) is 7.57. The molecule has 0 amide bonds. The number of nitrogens with one attached hydrogen (secondary N) is 2. The molecule has 0 saturated carbocycles. The Morgan fingerprint density at radius 1 is 1.31 bits per heavy atom. The molecular formula is C10H11F3N2O. The van der Waals surface area contributed by atoms with Gasteiger partial charge in [0.1, 0.15) is 6.23 Å². The largest absolute Gasteiger partial charge is 0.416 e. The number of ether oxygens (including phenoxy) is 1. The van der Waals surface area contributed by atoms with Gasteiger partial charge in [-0.25, -0.2) is 5.43 Å². The molecule has 16 heavy (non-hydrogen) atoms. The summed E-state index contributed by atoms with van der Waals surface area (Å²) in [6, 6.07) is 5.10. The Balaban J connectivity index is 2.21. The van der Waals surface area contributed by atoms with E-state index in [1.54, 1.807) is 6.07 Å². The van der Waals surface area contributed by atoms with Crippen LogP contribution in [0.15, 0.2) is 24.3 Å². The zero-order chi connectivity index (χ0) is 11.6. The van der Waals surface area contributed by atoms with Crippen LogP contribution in [0, 0.1) is 0 Å². The Morgan fingerprint density at radius 2 is 2.12 bits per heavy atom. The van der Waals surface area contributed by atoms with E-state index < -0.39 is 18.0 Å². The van der Waals surface area contributed by atoms with Crippen LogP contribution in [-0.2, 0) is 10.9 Å². The van der Waals surface area contributed by atoms with Gasteiger partial charge in [-0.05, 0) is 17.7 Å². The minimum Gasteiger partial charge on any atom is -0.356 e. The standard InChI is InChI=1S/C10H11F3N2O/c11-10(12,13)8-3-1-2-7(6-8)9-15-14-4-5-16-9/h1-3,6,9,14-15H,4-5H2. The molecule has 2 N–H and O–H groups in total. The average Bonchev–Trinajstić information content (AvgIpc) is 2.29. The minimum atomic E-state index is -4.32. The molecule has 88 valence electrons. The van der Waals surface area contributed by atoms with Gasteiger partial charge in [-0.3, -0.25) is 5.43 Å². The normalized spacial score (nSPS) is 22.1. The van der Waals surface area contributed by atoms with Crippen molar-refractivity contribution < 1.29 is 17.9 Å². The van der Waals surface area contributed by atoms with E-state index >= 15 is 0 Å². The zero-order valence-corrected chi connectivity index (χ0v) is 8.34. The summed E-state index contributed by atoms with van der Waals surface area (Å²) in [5.74, 6) is 0. The molecule has 1 aliphatic heterocycles. The van der Waals surface area contributed by atoms with E-state index in [-0.39, 0.29) is 0 Å². The van der Waals surface area contributed by atoms with E-state index in [0.29, 0.717) is 18.7 Å². The fourth-order valence-corrected chi connectivity index (χ4v) is 1.49. The average molecular weight is 232 g/mol. The third-order valence-electron chi connectivity index (χ3n) is 2.26. The quantitative estimate of drug-likeness (QED) is 0.775. The van der Waals surface area contributed by atoms with Crippen molar-refractivity contribution in [2.75, 3.05) is 13.2 Å². The molecule has 0 spiro atoms. The van der Waals surface area contributed by atoms with Crippen molar-refractivity contribution in [1.82, 2.24) is 10.9 Å². The van der Waals surface area contributed by atoms with Gasteiger partial charge in [0, 0.05) is 6.54 Å². The summed E-state index contributed by atoms with van der Waals surface area (Å²) in [6.07, 6.45) is -4.85. The molecule has 1 aliphatic rings. The van der Waals surface area contributed by atoms with Crippen molar-refractivity contribution in [2.45, 2.75) is 12.4 Å². The van der Waals surface area contributed by atoms with E-state index in [1.165, 1.54) is 6.07 Å². The molecule has 0 radical (unpaired) electrons. The molecule has 0 bridgehead atoms. The summed E-state index contributed by atoms with van der Waals surface area (Å²) in [5, 5.41) is 0. The van der Waals surface area contributed by atoms with Crippen LogP contribution in [0.2, 0.25) is 0 Å². The van der Waals surface area contributed by atoms with E-state index in [4.69, 9.17) is 4.74 Å². The second-order valence-electron chi connectivity index (χ2n) is 3.45. The van der Waals surface area contributed by atoms with Crippen molar-refractivity contribution >= 4 is 0 Å². The maximum atomic E-state index is 12.5. The molecule has 2 rings (SSSR count). The smallest absolute Gasteiger partial charge is 0.356 e. The summed E-state index contributed by atoms with van der Waals surface area (Å²) in [4.78, 5) is 0. The first-order valence-electron chi connectivity index (χ1n) is 4.84. The Morgan fingerprint density at radius 3 is 2.75 bits per heavy atom. The van der Waals surface area contributed by atoms with Crippen LogP contribution in [0.1, 0.15) is 17.4 Å². The van der Waals surface area contributed by atoms with E-state index in [0.717, 1.165) is 12.1 Å². The van der Waals surface area contributed by atoms with Crippen molar-refractivity contribution in [3.05, 3.63) is 35.4 Å². The summed E-state index contributed by atoms with van der Waals surface area (Å²) < 4.78 is 42.7. The third kappa shape index (κ3) is 2.52. The van der Waals surface area contributed by atoms with E-state index in [1.807, 2.05) is 0 Å². The SMILES string of the molecule is FC(F)(F)c1cccc(C2NNCCO2)c1. The Hall–Kier alpha value is -1.11. The van der Waals surface area contributed by atoms with Gasteiger partial charge < -0.3 is 4.74 Å². The first kappa shape index (κ1) is 11.4. The number of alkyl halides is 3. The van der Waals surface area contributed by atoms with Crippen LogP contribution in [0.3, 0.4) is 0 Å². The second-order valence-corrected chi connectivity index (χ2v) is 3.45. The van der Waals surface area contributed by atoms with Gasteiger partial charge in [0.2, 0.25) is 0 Å². The maximum absolute atomic E-state index is 12.5. The Bertz CT molecular complexity index is 361. The van der Waals surface area contributed by atoms with Gasteiger partial charge in [-0.1, -0.05) is 12.1 Å². The van der Waals surface area contributed by atoms with Gasteiger partial charge in [0.15, 0.2) is 0 Å². The fourth-order valence-electron chi connectivity index (χ4n) is 1.49. The zero-order valence-electron chi connectivity index (χ0n) is 8.34. The number of halogens is 3. The Labute approximate surface area is 90.6 Å². The van der Waals surface area contributed by atoms with Crippen LogP contribution in [-0.4, -0.2) is 13.2 Å². The van der Waals surface area contributed by atoms with Crippen LogP contribution >= 0.6 is 0 Å². The van der Waals surface area contributed by atoms with Gasteiger partial charge >= 0.3 is 6.18 Å². The van der Waals surface area contributed by atoms with E-state index in [9.17, 15) is 13.2 Å². The predicted molar refractivity (Wildman–Crippen MR) is 51.3 cm³/mol. The molecule has 0 aromatic heterocycles. The lowest BCUT2D eigenvalue weighted by atomic mass is 10.1. The monoisotopic (exact) mass is 232 g/mol. The summed E-state index contributed by atoms with van der Waals surface area (Å²) >= 11 is 0. The summed E-state index contributed by atoms with van der Waals surface area (Å²) in [6.45, 7) is 1.10. The van der Waals surface area contributed by atoms with Crippen LogP contribution in [0.4, 0.5) is 13.2 Å². The topological polar surface area (TPSA) is 33.3 Å². The molecule has 1 aromatic carbocycles. The second kappa shape index (κ2) is 4.40. The molecule has 1 atom stereocenters. The highest BCUT2D eigenvalue weighted by molar-refractivity contribution is 5.27. The molecule has 1 fully saturated rings. The molecule has 0 aliphatic carbocycles. The van der Waals surface area contributed by atoms with Crippen molar-refractivity contribution in [1.29, 1.82) is 0 Å². The van der Waals surface area contributed by atoms with Crippen molar-refractivity contribution in [2.24, 2.45) is 0 Å². The van der Waals surface area contributed by atoms with Crippen molar-refractivity contribution in [3.63, 3.8) is 0 Å². The molecular weight excluding hydrogens is 221 g/mol. The van der Waals surface area contributed by atoms with Crippen LogP contribution in [0.25, 0.3) is 0 Å². The number of rotatable bonds is 1. The lowest BCUT2D eigenvalue weighted by Crippen LogP contribution is -2.44. The molecule has 3 nitrogen and oxygen atoms in total. The van der Waals surface area contributed by atoms with Gasteiger partial charge in [0.25, 0.3) is 0 Å². The summed E-state index contributed by atoms with van der Waals surface area (Å²) in [5.41, 5.74) is 5.40. The predicted octanol–water partition coefficient (Wildman–Crippen LogP) is 1.83.